The topological polar surface area (TPSA) is 95.7 Å². The summed E-state index contributed by atoms with van der Waals surface area (Å²) in [5.41, 5.74) is 11.9. The molecule has 0 aliphatic carbocycles. The van der Waals surface area contributed by atoms with Crippen LogP contribution >= 0.6 is 0 Å². The molecule has 4 aromatic carbocycles. The van der Waals surface area contributed by atoms with Crippen LogP contribution in [0.3, 0.4) is 0 Å². The smallest absolute Gasteiger partial charge is 0.153 e. The van der Waals surface area contributed by atoms with E-state index in [-0.39, 0.29) is 5.75 Å². The second-order valence-corrected chi connectivity index (χ2v) is 7.47. The normalized spacial score (nSPS) is 11.7. The molecule has 6 heteroatoms. The highest BCUT2D eigenvalue weighted by Gasteiger charge is 2.17. The maximum Gasteiger partial charge on any atom is 0.153 e. The number of hydrogen-bond donors (Lipinski definition) is 2. The van der Waals surface area contributed by atoms with Gasteiger partial charge in [0.05, 0.1) is 22.4 Å². The van der Waals surface area contributed by atoms with Gasteiger partial charge in [-0.3, -0.25) is 0 Å². The molecule has 0 unspecified atom stereocenters. The van der Waals surface area contributed by atoms with Gasteiger partial charge in [-0.1, -0.05) is 36.4 Å². The van der Waals surface area contributed by atoms with Crippen LogP contribution in [0.15, 0.2) is 87.2 Å². The van der Waals surface area contributed by atoms with Gasteiger partial charge < -0.3 is 10.8 Å². The molecule has 0 radical (unpaired) electrons. The molecule has 0 amide bonds. The van der Waals surface area contributed by atoms with Gasteiger partial charge in [0.2, 0.25) is 0 Å². The maximum atomic E-state index is 11.1. The molecular formula is C25H23N5O. The fourth-order valence-corrected chi connectivity index (χ4v) is 3.49. The van der Waals surface area contributed by atoms with Crippen LogP contribution < -0.4 is 5.73 Å². The van der Waals surface area contributed by atoms with E-state index in [2.05, 4.69) is 20.5 Å². The molecule has 4 rings (SSSR count). The van der Waals surface area contributed by atoms with Gasteiger partial charge in [-0.15, -0.1) is 10.2 Å². The van der Waals surface area contributed by atoms with E-state index < -0.39 is 0 Å². The van der Waals surface area contributed by atoms with Crippen LogP contribution in [0.1, 0.15) is 16.7 Å². The van der Waals surface area contributed by atoms with Crippen molar-refractivity contribution in [1.29, 1.82) is 0 Å². The Bertz CT molecular complexity index is 1330. The van der Waals surface area contributed by atoms with Crippen molar-refractivity contribution in [3.05, 3.63) is 83.4 Å². The zero-order chi connectivity index (χ0) is 22.0. The average Bonchev–Trinajstić information content (AvgIpc) is 2.75. The second kappa shape index (κ2) is 8.36. The molecule has 0 atom stereocenters. The van der Waals surface area contributed by atoms with Crippen molar-refractivity contribution in [2.45, 2.75) is 20.8 Å². The molecule has 31 heavy (non-hydrogen) atoms. The summed E-state index contributed by atoms with van der Waals surface area (Å²) in [6.07, 6.45) is 0. The van der Waals surface area contributed by atoms with Crippen molar-refractivity contribution < 1.29 is 5.11 Å². The minimum absolute atomic E-state index is 0.0130. The number of anilines is 1. The molecule has 3 N–H and O–H groups in total. The first-order chi connectivity index (χ1) is 15.0. The number of aryl methyl sites for hydroxylation is 3. The molecule has 0 fully saturated rings. The van der Waals surface area contributed by atoms with E-state index in [9.17, 15) is 5.11 Å². The van der Waals surface area contributed by atoms with Gasteiger partial charge in [0.15, 0.2) is 5.75 Å². The molecule has 6 nitrogen and oxygen atoms in total. The first-order valence-electron chi connectivity index (χ1n) is 9.95. The Kier molecular flexibility index (Phi) is 5.45. The Morgan fingerprint density at radius 1 is 0.677 bits per heavy atom. The highest BCUT2D eigenvalue weighted by molar-refractivity contribution is 6.06. The molecule has 0 aromatic heterocycles. The summed E-state index contributed by atoms with van der Waals surface area (Å²) in [5.74, 6) is -0.0130. The number of nitrogens with two attached hydrogens (primary N) is 1. The molecule has 0 aliphatic rings. The second-order valence-electron chi connectivity index (χ2n) is 7.47. The Labute approximate surface area is 180 Å². The number of benzene rings is 4. The van der Waals surface area contributed by atoms with Gasteiger partial charge >= 0.3 is 0 Å². The van der Waals surface area contributed by atoms with Crippen LogP contribution in [0.2, 0.25) is 0 Å². The number of nitrogens with zero attached hydrogens (tertiary/aromatic N) is 4. The first-order valence-corrected chi connectivity index (χ1v) is 9.95. The van der Waals surface area contributed by atoms with Crippen molar-refractivity contribution in [3.8, 4) is 5.75 Å². The van der Waals surface area contributed by atoms with Crippen molar-refractivity contribution in [2.75, 3.05) is 5.73 Å². The zero-order valence-electron chi connectivity index (χ0n) is 17.7. The zero-order valence-corrected chi connectivity index (χ0v) is 17.7. The number of nitrogen functional groups attached to an aromatic ring is 1. The van der Waals surface area contributed by atoms with E-state index in [0.29, 0.717) is 22.4 Å². The Hall–Kier alpha value is -4.06. The third-order valence-electron chi connectivity index (χ3n) is 5.16. The SMILES string of the molecule is Cc1ccccc1N=Nc1c(C)cc2cc(C)c(N=Nc3ccccc3)c(N)c2c1O. The summed E-state index contributed by atoms with van der Waals surface area (Å²) < 4.78 is 0. The molecule has 4 aromatic rings. The molecular weight excluding hydrogens is 386 g/mol. The number of phenols is 1. The maximum absolute atomic E-state index is 11.1. The fourth-order valence-electron chi connectivity index (χ4n) is 3.49. The predicted molar refractivity (Wildman–Crippen MR) is 125 cm³/mol. The van der Waals surface area contributed by atoms with E-state index in [0.717, 1.165) is 33.5 Å². The van der Waals surface area contributed by atoms with Gasteiger partial charge in [-0.2, -0.15) is 10.2 Å². The number of rotatable bonds is 4. The predicted octanol–water partition coefficient (Wildman–Crippen LogP) is 7.88. The lowest BCUT2D eigenvalue weighted by molar-refractivity contribution is 0.482. The number of fused-ring (bicyclic) bond motifs is 1. The summed E-state index contributed by atoms with van der Waals surface area (Å²) in [5, 5.41) is 29.7. The highest BCUT2D eigenvalue weighted by atomic mass is 16.3. The van der Waals surface area contributed by atoms with Crippen LogP contribution in [0.5, 0.6) is 5.75 Å². The van der Waals surface area contributed by atoms with E-state index in [1.165, 1.54) is 0 Å². The van der Waals surface area contributed by atoms with E-state index in [1.807, 2.05) is 87.5 Å². The lowest BCUT2D eigenvalue weighted by Crippen LogP contribution is -1.92. The van der Waals surface area contributed by atoms with E-state index in [1.54, 1.807) is 0 Å². The Morgan fingerprint density at radius 3 is 2.00 bits per heavy atom. The largest absolute Gasteiger partial charge is 0.505 e. The summed E-state index contributed by atoms with van der Waals surface area (Å²) >= 11 is 0. The third kappa shape index (κ3) is 4.00. The van der Waals surface area contributed by atoms with Gasteiger partial charge in [0.1, 0.15) is 11.4 Å². The Morgan fingerprint density at radius 2 is 1.29 bits per heavy atom. The van der Waals surface area contributed by atoms with Crippen LogP contribution in [0, 0.1) is 20.8 Å². The summed E-state index contributed by atoms with van der Waals surface area (Å²) in [4.78, 5) is 0. The molecule has 0 saturated heterocycles. The first kappa shape index (κ1) is 20.2. The van der Waals surface area contributed by atoms with Crippen LogP contribution in [-0.4, -0.2) is 5.11 Å². The van der Waals surface area contributed by atoms with E-state index in [4.69, 9.17) is 5.73 Å². The molecule has 0 aliphatic heterocycles. The number of phenolic OH excluding ortho intramolecular Hbond substituents is 1. The number of aromatic hydroxyl groups is 1. The average molecular weight is 409 g/mol. The minimum Gasteiger partial charge on any atom is -0.505 e. The molecule has 0 spiro atoms. The van der Waals surface area contributed by atoms with Crippen molar-refractivity contribution in [1.82, 2.24) is 0 Å². The molecule has 154 valence electrons. The van der Waals surface area contributed by atoms with Crippen LogP contribution in [0.4, 0.5) is 28.4 Å². The van der Waals surface area contributed by atoms with Gasteiger partial charge in [-0.05, 0) is 73.2 Å². The van der Waals surface area contributed by atoms with Crippen LogP contribution in [-0.2, 0) is 0 Å². The summed E-state index contributed by atoms with van der Waals surface area (Å²) in [6.45, 7) is 5.78. The standard InChI is InChI=1S/C25H23N5O/c1-15-9-7-8-12-20(15)28-30-24-17(3)14-18-13-16(2)23(22(26)21(18)25(24)31)29-27-19-10-5-4-6-11-19/h4-14,31H,26H2,1-3H3. The third-order valence-corrected chi connectivity index (χ3v) is 5.16. The van der Waals surface area contributed by atoms with Gasteiger partial charge in [0, 0.05) is 0 Å². The number of azo groups is 2. The molecule has 0 heterocycles. The monoisotopic (exact) mass is 409 g/mol. The lowest BCUT2D eigenvalue weighted by atomic mass is 9.99. The van der Waals surface area contributed by atoms with E-state index >= 15 is 0 Å². The lowest BCUT2D eigenvalue weighted by Gasteiger charge is -2.13. The van der Waals surface area contributed by atoms with Crippen molar-refractivity contribution in [3.63, 3.8) is 0 Å². The van der Waals surface area contributed by atoms with Crippen LogP contribution in [0.25, 0.3) is 10.8 Å². The fraction of sp³-hybridized carbons (Fsp3) is 0.120. The minimum atomic E-state index is -0.0130. The van der Waals surface area contributed by atoms with Gasteiger partial charge in [0.25, 0.3) is 0 Å². The summed E-state index contributed by atoms with van der Waals surface area (Å²) in [7, 11) is 0. The van der Waals surface area contributed by atoms with Crippen molar-refractivity contribution >= 4 is 39.2 Å². The molecule has 0 bridgehead atoms. The summed E-state index contributed by atoms with van der Waals surface area (Å²) in [6, 6.07) is 21.0. The van der Waals surface area contributed by atoms with Crippen molar-refractivity contribution in [2.24, 2.45) is 20.5 Å². The van der Waals surface area contributed by atoms with Gasteiger partial charge in [-0.25, -0.2) is 0 Å². The quantitative estimate of drug-likeness (QED) is 0.265. The Balaban J connectivity index is 1.83. The highest BCUT2D eigenvalue weighted by Crippen LogP contribution is 2.45. The molecule has 0 saturated carbocycles. The number of hydrogen-bond acceptors (Lipinski definition) is 6.